The summed E-state index contributed by atoms with van der Waals surface area (Å²) in [6.45, 7) is 5.48. The van der Waals surface area contributed by atoms with Crippen LogP contribution in [0.3, 0.4) is 0 Å². The monoisotopic (exact) mass is 303 g/mol. The van der Waals surface area contributed by atoms with E-state index in [2.05, 4.69) is 5.32 Å². The predicted octanol–water partition coefficient (Wildman–Crippen LogP) is 3.55. The number of thiophene rings is 1. The normalized spacial score (nSPS) is 11.8. The van der Waals surface area contributed by atoms with Crippen LogP contribution in [0.1, 0.15) is 27.7 Å². The Labute approximate surface area is 127 Å². The molecular formula is C16H17NO3S. The van der Waals surface area contributed by atoms with E-state index in [1.165, 1.54) is 11.3 Å². The van der Waals surface area contributed by atoms with Crippen LogP contribution in [-0.4, -0.2) is 18.0 Å². The summed E-state index contributed by atoms with van der Waals surface area (Å²) in [5.74, 6) is -0.817. The summed E-state index contributed by atoms with van der Waals surface area (Å²) in [6, 6.07) is 9.12. The van der Waals surface area contributed by atoms with Gasteiger partial charge in [0, 0.05) is 5.69 Å². The average Bonchev–Trinajstić information content (AvgIpc) is 2.98. The Bertz CT molecular complexity index is 650. The smallest absolute Gasteiger partial charge is 0.349 e. The number of hydrogen-bond acceptors (Lipinski definition) is 4. The van der Waals surface area contributed by atoms with Gasteiger partial charge in [-0.1, -0.05) is 18.2 Å². The van der Waals surface area contributed by atoms with Gasteiger partial charge in [0.25, 0.3) is 5.91 Å². The Morgan fingerprint density at radius 2 is 1.95 bits per heavy atom. The summed E-state index contributed by atoms with van der Waals surface area (Å²) in [4.78, 5) is 24.4. The van der Waals surface area contributed by atoms with Gasteiger partial charge in [0.15, 0.2) is 6.10 Å². The second-order valence-electron chi connectivity index (χ2n) is 4.76. The van der Waals surface area contributed by atoms with Crippen LogP contribution in [0.2, 0.25) is 0 Å². The molecule has 1 heterocycles. The molecule has 0 unspecified atom stereocenters. The van der Waals surface area contributed by atoms with Gasteiger partial charge in [-0.25, -0.2) is 4.79 Å². The molecule has 2 rings (SSSR count). The van der Waals surface area contributed by atoms with E-state index < -0.39 is 12.1 Å². The molecule has 0 saturated carbocycles. The van der Waals surface area contributed by atoms with Crippen molar-refractivity contribution in [3.05, 3.63) is 51.7 Å². The molecule has 0 bridgehead atoms. The van der Waals surface area contributed by atoms with Crippen LogP contribution in [0.5, 0.6) is 0 Å². The average molecular weight is 303 g/mol. The second kappa shape index (κ2) is 6.54. The largest absolute Gasteiger partial charge is 0.448 e. The molecule has 0 aliphatic carbocycles. The van der Waals surface area contributed by atoms with E-state index >= 15 is 0 Å². The third-order valence-corrected chi connectivity index (χ3v) is 4.09. The Hall–Kier alpha value is -2.14. The third-order valence-electron chi connectivity index (χ3n) is 3.24. The zero-order valence-corrected chi connectivity index (χ0v) is 13.0. The summed E-state index contributed by atoms with van der Waals surface area (Å²) >= 11 is 1.29. The molecule has 4 nitrogen and oxygen atoms in total. The van der Waals surface area contributed by atoms with Crippen molar-refractivity contribution in [2.45, 2.75) is 26.9 Å². The lowest BCUT2D eigenvalue weighted by atomic mass is 10.1. The van der Waals surface area contributed by atoms with E-state index in [1.807, 2.05) is 32.0 Å². The van der Waals surface area contributed by atoms with Crippen LogP contribution < -0.4 is 5.32 Å². The maximum Gasteiger partial charge on any atom is 0.349 e. The van der Waals surface area contributed by atoms with E-state index in [0.717, 1.165) is 16.8 Å². The van der Waals surface area contributed by atoms with Crippen LogP contribution >= 0.6 is 11.3 Å². The first-order valence-electron chi connectivity index (χ1n) is 6.60. The zero-order valence-electron chi connectivity index (χ0n) is 12.2. The number of carbonyl (C=O) groups is 2. The summed E-state index contributed by atoms with van der Waals surface area (Å²) in [5, 5.41) is 4.58. The number of benzene rings is 1. The number of ether oxygens (including phenoxy) is 1. The number of aryl methyl sites for hydroxylation is 1. The molecular weight excluding hydrogens is 286 g/mol. The van der Waals surface area contributed by atoms with Crippen LogP contribution in [0.15, 0.2) is 35.7 Å². The first-order valence-corrected chi connectivity index (χ1v) is 7.48. The number of anilines is 1. The lowest BCUT2D eigenvalue weighted by molar-refractivity contribution is -0.123. The summed E-state index contributed by atoms with van der Waals surface area (Å²) in [5.41, 5.74) is 2.83. The fraction of sp³-hybridized carbons (Fsp3) is 0.250. The van der Waals surface area contributed by atoms with Crippen molar-refractivity contribution in [1.29, 1.82) is 0 Å². The lowest BCUT2D eigenvalue weighted by Gasteiger charge is -2.15. The zero-order chi connectivity index (χ0) is 15.4. The third kappa shape index (κ3) is 3.70. The number of rotatable bonds is 4. The van der Waals surface area contributed by atoms with Crippen LogP contribution in [-0.2, 0) is 9.53 Å². The van der Waals surface area contributed by atoms with E-state index in [0.29, 0.717) is 4.88 Å². The van der Waals surface area contributed by atoms with Gasteiger partial charge in [-0.2, -0.15) is 0 Å². The highest BCUT2D eigenvalue weighted by Crippen LogP contribution is 2.18. The molecule has 1 N–H and O–H groups in total. The fourth-order valence-electron chi connectivity index (χ4n) is 1.79. The summed E-state index contributed by atoms with van der Waals surface area (Å²) in [7, 11) is 0. The molecule has 0 aliphatic heterocycles. The number of carbonyl (C=O) groups excluding carboxylic acids is 2. The molecule has 110 valence electrons. The molecule has 0 aliphatic rings. The maximum atomic E-state index is 12.1. The van der Waals surface area contributed by atoms with Crippen molar-refractivity contribution in [2.75, 3.05) is 5.32 Å². The molecule has 0 spiro atoms. The van der Waals surface area contributed by atoms with Gasteiger partial charge in [-0.05, 0) is 49.4 Å². The lowest BCUT2D eigenvalue weighted by Crippen LogP contribution is -2.30. The number of esters is 1. The van der Waals surface area contributed by atoms with Gasteiger partial charge in [0.1, 0.15) is 4.88 Å². The van der Waals surface area contributed by atoms with Crippen molar-refractivity contribution < 1.29 is 14.3 Å². The molecule has 1 atom stereocenters. The molecule has 0 saturated heterocycles. The van der Waals surface area contributed by atoms with Gasteiger partial charge >= 0.3 is 5.97 Å². The Balaban J connectivity index is 2.00. The molecule has 1 aromatic heterocycles. The van der Waals surface area contributed by atoms with E-state index in [-0.39, 0.29) is 5.91 Å². The highest BCUT2D eigenvalue weighted by Gasteiger charge is 2.20. The minimum absolute atomic E-state index is 0.339. The maximum absolute atomic E-state index is 12.1. The van der Waals surface area contributed by atoms with Crippen molar-refractivity contribution in [3.63, 3.8) is 0 Å². The van der Waals surface area contributed by atoms with Crippen molar-refractivity contribution in [3.8, 4) is 0 Å². The second-order valence-corrected chi connectivity index (χ2v) is 5.71. The standard InChI is InChI=1S/C16H17NO3S/c1-10-6-4-7-13(11(10)2)17-15(18)12(3)20-16(19)14-8-5-9-21-14/h4-9,12H,1-3H3,(H,17,18)/t12-/m1/s1. The Morgan fingerprint density at radius 3 is 2.62 bits per heavy atom. The van der Waals surface area contributed by atoms with E-state index in [9.17, 15) is 9.59 Å². The van der Waals surface area contributed by atoms with E-state index in [1.54, 1.807) is 24.4 Å². The van der Waals surface area contributed by atoms with E-state index in [4.69, 9.17) is 4.74 Å². The van der Waals surface area contributed by atoms with Crippen LogP contribution in [0, 0.1) is 13.8 Å². The predicted molar refractivity (Wildman–Crippen MR) is 83.7 cm³/mol. The van der Waals surface area contributed by atoms with Crippen LogP contribution in [0.4, 0.5) is 5.69 Å². The first kappa shape index (κ1) is 15.3. The van der Waals surface area contributed by atoms with Gasteiger partial charge in [0.05, 0.1) is 0 Å². The highest BCUT2D eigenvalue weighted by molar-refractivity contribution is 7.11. The molecule has 2 aromatic rings. The van der Waals surface area contributed by atoms with Gasteiger partial charge in [-0.3, -0.25) is 4.79 Å². The quantitative estimate of drug-likeness (QED) is 0.879. The first-order chi connectivity index (χ1) is 9.99. The number of hydrogen-bond donors (Lipinski definition) is 1. The molecule has 1 amide bonds. The van der Waals surface area contributed by atoms with Crippen molar-refractivity contribution >= 4 is 28.9 Å². The molecule has 0 fully saturated rings. The Kier molecular flexibility index (Phi) is 4.75. The SMILES string of the molecule is Cc1cccc(NC(=O)[C@@H](C)OC(=O)c2cccs2)c1C. The van der Waals surface area contributed by atoms with Gasteiger partial charge in [0.2, 0.25) is 0 Å². The number of amides is 1. The summed E-state index contributed by atoms with van der Waals surface area (Å²) in [6.07, 6.45) is -0.848. The van der Waals surface area contributed by atoms with Crippen molar-refractivity contribution in [1.82, 2.24) is 0 Å². The minimum Gasteiger partial charge on any atom is -0.448 e. The fourth-order valence-corrected chi connectivity index (χ4v) is 2.39. The van der Waals surface area contributed by atoms with Gasteiger partial charge in [-0.15, -0.1) is 11.3 Å². The molecule has 1 aromatic carbocycles. The topological polar surface area (TPSA) is 55.4 Å². The molecule has 5 heteroatoms. The molecule has 0 radical (unpaired) electrons. The Morgan fingerprint density at radius 1 is 1.19 bits per heavy atom. The van der Waals surface area contributed by atoms with Crippen LogP contribution in [0.25, 0.3) is 0 Å². The molecule has 21 heavy (non-hydrogen) atoms. The minimum atomic E-state index is -0.848. The van der Waals surface area contributed by atoms with Gasteiger partial charge < -0.3 is 10.1 Å². The highest BCUT2D eigenvalue weighted by atomic mass is 32.1. The number of nitrogens with one attached hydrogen (secondary N) is 1. The summed E-state index contributed by atoms with van der Waals surface area (Å²) < 4.78 is 5.16. The van der Waals surface area contributed by atoms with Crippen molar-refractivity contribution in [2.24, 2.45) is 0 Å².